The van der Waals surface area contributed by atoms with Gasteiger partial charge in [-0.05, 0) is 36.4 Å². The number of carbonyl (C=O) groups is 2. The Morgan fingerprint density at radius 3 is 2.65 bits per heavy atom. The fourth-order valence-corrected chi connectivity index (χ4v) is 4.76. The topological polar surface area (TPSA) is 128 Å². The summed E-state index contributed by atoms with van der Waals surface area (Å²) in [6.45, 7) is -0.190. The van der Waals surface area contributed by atoms with Gasteiger partial charge in [0.15, 0.2) is 4.34 Å². The number of anilines is 2. The van der Waals surface area contributed by atoms with Crippen molar-refractivity contribution < 1.29 is 14.3 Å². The van der Waals surface area contributed by atoms with Gasteiger partial charge >= 0.3 is 0 Å². The third kappa shape index (κ3) is 5.97. The highest BCUT2D eigenvalue weighted by Gasteiger charge is 2.12. The van der Waals surface area contributed by atoms with E-state index in [0.717, 1.165) is 0 Å². The number of ether oxygens (including phenoxy) is 1. The molecule has 10 nitrogen and oxygen atoms in total. The van der Waals surface area contributed by atoms with Gasteiger partial charge in [0.25, 0.3) is 5.56 Å². The number of benzene rings is 2. The van der Waals surface area contributed by atoms with Crippen molar-refractivity contribution in [3.63, 3.8) is 0 Å². The molecule has 2 aromatic heterocycles. The lowest BCUT2D eigenvalue weighted by Crippen LogP contribution is -2.27. The SMILES string of the molecule is COc1ccc(NC(=O)CCSc2nnc(NC(=O)Cn3cnc4ccccc4c3=O)s2)cc1. The molecule has 2 amide bonds. The number of nitrogens with zero attached hydrogens (tertiary/aromatic N) is 4. The number of nitrogens with one attached hydrogen (secondary N) is 2. The van der Waals surface area contributed by atoms with Crippen LogP contribution < -0.4 is 20.9 Å². The van der Waals surface area contributed by atoms with E-state index in [2.05, 4.69) is 25.8 Å². The Morgan fingerprint density at radius 1 is 1.06 bits per heavy atom. The first kappa shape index (κ1) is 23.4. The molecule has 34 heavy (non-hydrogen) atoms. The molecule has 4 aromatic rings. The van der Waals surface area contributed by atoms with Crippen molar-refractivity contribution in [3.8, 4) is 5.75 Å². The average molecular weight is 497 g/mol. The minimum Gasteiger partial charge on any atom is -0.497 e. The summed E-state index contributed by atoms with van der Waals surface area (Å²) in [5, 5.41) is 14.2. The van der Waals surface area contributed by atoms with E-state index >= 15 is 0 Å². The van der Waals surface area contributed by atoms with Crippen LogP contribution in [0.2, 0.25) is 0 Å². The van der Waals surface area contributed by atoms with Crippen molar-refractivity contribution >= 4 is 56.6 Å². The minimum atomic E-state index is -0.411. The van der Waals surface area contributed by atoms with Crippen LogP contribution in [0.1, 0.15) is 6.42 Å². The summed E-state index contributed by atoms with van der Waals surface area (Å²) in [6.07, 6.45) is 1.64. The predicted octanol–water partition coefficient (Wildman–Crippen LogP) is 3.02. The number of hydrogen-bond donors (Lipinski definition) is 2. The standard InChI is InChI=1S/C22H20N6O4S2/c1-32-15-8-6-14(7-9-15)24-18(29)10-11-33-22-27-26-21(34-22)25-19(30)12-28-13-23-17-5-3-2-4-16(17)20(28)31/h2-9,13H,10-12H2,1H3,(H,24,29)(H,25,26,30). The number of fused-ring (bicyclic) bond motifs is 1. The monoisotopic (exact) mass is 496 g/mol. The highest BCUT2D eigenvalue weighted by Crippen LogP contribution is 2.26. The van der Waals surface area contributed by atoms with Crippen LogP contribution in [0.25, 0.3) is 10.9 Å². The van der Waals surface area contributed by atoms with Crippen LogP contribution in [-0.4, -0.2) is 44.4 Å². The van der Waals surface area contributed by atoms with Crippen LogP contribution in [0.3, 0.4) is 0 Å². The number of hydrogen-bond acceptors (Lipinski definition) is 9. The maximum absolute atomic E-state index is 12.5. The molecule has 174 valence electrons. The Balaban J connectivity index is 1.24. The largest absolute Gasteiger partial charge is 0.497 e. The van der Waals surface area contributed by atoms with Gasteiger partial charge in [-0.1, -0.05) is 35.2 Å². The lowest BCUT2D eigenvalue weighted by molar-refractivity contribution is -0.117. The van der Waals surface area contributed by atoms with E-state index in [-0.39, 0.29) is 24.4 Å². The van der Waals surface area contributed by atoms with Gasteiger partial charge in [0.1, 0.15) is 12.3 Å². The van der Waals surface area contributed by atoms with Crippen LogP contribution >= 0.6 is 23.1 Å². The highest BCUT2D eigenvalue weighted by molar-refractivity contribution is 8.01. The fourth-order valence-electron chi connectivity index (χ4n) is 2.98. The summed E-state index contributed by atoms with van der Waals surface area (Å²) in [6, 6.07) is 14.0. The average Bonchev–Trinajstić information content (AvgIpc) is 3.28. The molecule has 0 saturated heterocycles. The lowest BCUT2D eigenvalue weighted by Gasteiger charge is -2.06. The maximum atomic E-state index is 12.5. The summed E-state index contributed by atoms with van der Waals surface area (Å²) in [7, 11) is 1.58. The van der Waals surface area contributed by atoms with Gasteiger partial charge in [-0.15, -0.1) is 10.2 Å². The quantitative estimate of drug-likeness (QED) is 0.267. The molecule has 0 fully saturated rings. The van der Waals surface area contributed by atoms with Gasteiger partial charge in [0.2, 0.25) is 16.9 Å². The normalized spacial score (nSPS) is 10.7. The molecule has 0 bridgehead atoms. The first-order valence-corrected chi connectivity index (χ1v) is 12.0. The molecular weight excluding hydrogens is 476 g/mol. The second kappa shape index (κ2) is 10.9. The van der Waals surface area contributed by atoms with E-state index < -0.39 is 5.91 Å². The number of amides is 2. The summed E-state index contributed by atoms with van der Waals surface area (Å²) in [4.78, 5) is 41.2. The molecule has 0 aliphatic carbocycles. The van der Waals surface area contributed by atoms with E-state index in [9.17, 15) is 14.4 Å². The molecule has 0 radical (unpaired) electrons. The number of para-hydroxylation sites is 1. The number of thioether (sulfide) groups is 1. The molecule has 2 heterocycles. The summed E-state index contributed by atoms with van der Waals surface area (Å²) in [5.41, 5.74) is 0.979. The van der Waals surface area contributed by atoms with E-state index in [4.69, 9.17) is 4.74 Å². The Morgan fingerprint density at radius 2 is 1.85 bits per heavy atom. The van der Waals surface area contributed by atoms with Gasteiger partial charge in [-0.3, -0.25) is 24.3 Å². The van der Waals surface area contributed by atoms with Crippen molar-refractivity contribution in [3.05, 3.63) is 65.2 Å². The third-order valence-electron chi connectivity index (χ3n) is 4.63. The van der Waals surface area contributed by atoms with Crippen LogP contribution in [0.15, 0.2) is 64.0 Å². The molecule has 0 aliphatic heterocycles. The van der Waals surface area contributed by atoms with Crippen LogP contribution in [-0.2, 0) is 16.1 Å². The number of aromatic nitrogens is 4. The zero-order valence-electron chi connectivity index (χ0n) is 18.1. The fraction of sp³-hybridized carbons (Fsp3) is 0.182. The second-order valence-corrected chi connectivity index (χ2v) is 9.31. The van der Waals surface area contributed by atoms with Gasteiger partial charge < -0.3 is 10.1 Å². The Bertz CT molecular complexity index is 1370. The molecule has 0 spiro atoms. The van der Waals surface area contributed by atoms with Crippen molar-refractivity contribution in [2.75, 3.05) is 23.5 Å². The Hall–Kier alpha value is -3.77. The lowest BCUT2D eigenvalue weighted by atomic mass is 10.2. The van der Waals surface area contributed by atoms with Crippen molar-refractivity contribution in [1.82, 2.24) is 19.7 Å². The number of methoxy groups -OCH3 is 1. The van der Waals surface area contributed by atoms with Crippen molar-refractivity contribution in [2.45, 2.75) is 17.3 Å². The predicted molar refractivity (Wildman–Crippen MR) is 132 cm³/mol. The first-order valence-electron chi connectivity index (χ1n) is 10.2. The molecule has 2 N–H and O–H groups in total. The van der Waals surface area contributed by atoms with Crippen molar-refractivity contribution in [1.29, 1.82) is 0 Å². The van der Waals surface area contributed by atoms with Crippen LogP contribution in [0.5, 0.6) is 5.75 Å². The maximum Gasteiger partial charge on any atom is 0.261 e. The van der Waals surface area contributed by atoms with E-state index in [0.29, 0.717) is 37.6 Å². The van der Waals surface area contributed by atoms with E-state index in [1.54, 1.807) is 55.6 Å². The smallest absolute Gasteiger partial charge is 0.261 e. The molecule has 0 unspecified atom stereocenters. The van der Waals surface area contributed by atoms with E-state index in [1.807, 2.05) is 0 Å². The number of rotatable bonds is 9. The van der Waals surface area contributed by atoms with Crippen LogP contribution in [0, 0.1) is 0 Å². The molecule has 4 rings (SSSR count). The summed E-state index contributed by atoms with van der Waals surface area (Å²) in [5.74, 6) is 0.688. The van der Waals surface area contributed by atoms with Crippen molar-refractivity contribution in [2.24, 2.45) is 0 Å². The molecule has 0 aliphatic rings. The zero-order chi connectivity index (χ0) is 23.9. The highest BCUT2D eigenvalue weighted by atomic mass is 32.2. The Labute approximate surface area is 202 Å². The molecule has 12 heteroatoms. The summed E-state index contributed by atoms with van der Waals surface area (Å²) >= 11 is 2.57. The first-order chi connectivity index (χ1) is 16.5. The molecule has 0 saturated carbocycles. The molecule has 0 atom stereocenters. The third-order valence-corrected chi connectivity index (χ3v) is 6.60. The van der Waals surface area contributed by atoms with Gasteiger partial charge in [0, 0.05) is 17.9 Å². The van der Waals surface area contributed by atoms with Crippen LogP contribution in [0.4, 0.5) is 10.8 Å². The summed E-state index contributed by atoms with van der Waals surface area (Å²) < 4.78 is 6.96. The van der Waals surface area contributed by atoms with Gasteiger partial charge in [0.05, 0.1) is 24.3 Å². The molecular formula is C22H20N6O4S2. The molecule has 2 aromatic carbocycles. The minimum absolute atomic E-state index is 0.120. The zero-order valence-corrected chi connectivity index (χ0v) is 19.7. The second-order valence-electron chi connectivity index (χ2n) is 6.99. The van der Waals surface area contributed by atoms with Gasteiger partial charge in [-0.2, -0.15) is 0 Å². The van der Waals surface area contributed by atoms with E-state index in [1.165, 1.54) is 34.0 Å². The Kier molecular flexibility index (Phi) is 7.50. The van der Waals surface area contributed by atoms with Gasteiger partial charge in [-0.25, -0.2) is 4.98 Å². The number of carbonyl (C=O) groups excluding carboxylic acids is 2.